The molecule has 0 amide bonds. The number of nitrogen functional groups attached to an aromatic ring is 1. The molecule has 0 unspecified atom stereocenters. The number of amidine groups is 1. The number of anilines is 1. The Labute approximate surface area is 125 Å². The third-order valence-electron chi connectivity index (χ3n) is 4.06. The summed E-state index contributed by atoms with van der Waals surface area (Å²) in [5.41, 5.74) is 7.45. The fourth-order valence-electron chi connectivity index (χ4n) is 2.68. The quantitative estimate of drug-likeness (QED) is 0.654. The van der Waals surface area contributed by atoms with E-state index in [4.69, 9.17) is 16.1 Å². The number of rotatable bonds is 5. The van der Waals surface area contributed by atoms with Crippen LogP contribution in [0.2, 0.25) is 0 Å². The minimum Gasteiger partial charge on any atom is -0.384 e. The van der Waals surface area contributed by atoms with Crippen LogP contribution in [0.4, 0.5) is 5.82 Å². The van der Waals surface area contributed by atoms with E-state index in [0.717, 1.165) is 34.7 Å². The van der Waals surface area contributed by atoms with Crippen molar-refractivity contribution in [2.24, 2.45) is 11.7 Å². The highest BCUT2D eigenvalue weighted by Crippen LogP contribution is 2.33. The van der Waals surface area contributed by atoms with Crippen molar-refractivity contribution in [3.8, 4) is 0 Å². The van der Waals surface area contributed by atoms with E-state index in [-0.39, 0.29) is 5.84 Å². The highest BCUT2D eigenvalue weighted by molar-refractivity contribution is 6.07. The van der Waals surface area contributed by atoms with Crippen LogP contribution >= 0.6 is 0 Å². The van der Waals surface area contributed by atoms with Gasteiger partial charge in [0.25, 0.3) is 0 Å². The SMILES string of the molecule is CC(C)N(CC1CC1)c1cc(C(=N)N)c2ccccc2n1. The summed E-state index contributed by atoms with van der Waals surface area (Å²) in [5.74, 6) is 1.83. The van der Waals surface area contributed by atoms with Gasteiger partial charge in [-0.25, -0.2) is 4.98 Å². The van der Waals surface area contributed by atoms with Crippen LogP contribution < -0.4 is 10.6 Å². The Kier molecular flexibility index (Phi) is 3.53. The second-order valence-corrected chi connectivity index (χ2v) is 6.15. The molecule has 0 atom stereocenters. The second-order valence-electron chi connectivity index (χ2n) is 6.15. The summed E-state index contributed by atoms with van der Waals surface area (Å²) < 4.78 is 0. The molecule has 0 spiro atoms. The summed E-state index contributed by atoms with van der Waals surface area (Å²) in [6, 6.07) is 10.3. The zero-order chi connectivity index (χ0) is 15.0. The van der Waals surface area contributed by atoms with Crippen LogP contribution in [0.15, 0.2) is 30.3 Å². The maximum absolute atomic E-state index is 7.85. The molecule has 1 aliphatic carbocycles. The highest BCUT2D eigenvalue weighted by atomic mass is 15.2. The molecule has 0 aliphatic heterocycles. The normalized spacial score (nSPS) is 14.6. The Balaban J connectivity index is 2.10. The summed E-state index contributed by atoms with van der Waals surface area (Å²) in [6.45, 7) is 5.42. The fraction of sp³-hybridized carbons (Fsp3) is 0.412. The topological polar surface area (TPSA) is 66.0 Å². The predicted octanol–water partition coefficient (Wildman–Crippen LogP) is 3.14. The van der Waals surface area contributed by atoms with E-state index >= 15 is 0 Å². The van der Waals surface area contributed by atoms with Crippen molar-refractivity contribution in [3.05, 3.63) is 35.9 Å². The van der Waals surface area contributed by atoms with Crippen molar-refractivity contribution < 1.29 is 0 Å². The van der Waals surface area contributed by atoms with Crippen molar-refractivity contribution in [1.29, 1.82) is 5.41 Å². The smallest absolute Gasteiger partial charge is 0.130 e. The first kappa shape index (κ1) is 13.9. The van der Waals surface area contributed by atoms with E-state index in [9.17, 15) is 0 Å². The molecule has 3 N–H and O–H groups in total. The first-order valence-corrected chi connectivity index (χ1v) is 7.57. The third kappa shape index (κ3) is 2.84. The minimum atomic E-state index is 0.102. The van der Waals surface area contributed by atoms with E-state index in [1.54, 1.807) is 0 Å². The molecule has 1 fully saturated rings. The Morgan fingerprint density at radius 1 is 1.38 bits per heavy atom. The van der Waals surface area contributed by atoms with E-state index in [1.807, 2.05) is 30.3 Å². The number of pyridine rings is 1. The van der Waals surface area contributed by atoms with Gasteiger partial charge in [-0.3, -0.25) is 5.41 Å². The van der Waals surface area contributed by atoms with Crippen LogP contribution in [0, 0.1) is 11.3 Å². The number of para-hydroxylation sites is 1. The van der Waals surface area contributed by atoms with Crippen LogP contribution in [0.5, 0.6) is 0 Å². The molecule has 1 aromatic heterocycles. The molecule has 3 rings (SSSR count). The van der Waals surface area contributed by atoms with Crippen molar-refractivity contribution in [2.45, 2.75) is 32.7 Å². The number of nitrogens with two attached hydrogens (primary N) is 1. The number of hydrogen-bond acceptors (Lipinski definition) is 3. The van der Waals surface area contributed by atoms with Crippen LogP contribution in [-0.2, 0) is 0 Å². The van der Waals surface area contributed by atoms with Gasteiger partial charge in [0.1, 0.15) is 11.7 Å². The lowest BCUT2D eigenvalue weighted by atomic mass is 10.1. The zero-order valence-corrected chi connectivity index (χ0v) is 12.6. The monoisotopic (exact) mass is 282 g/mol. The zero-order valence-electron chi connectivity index (χ0n) is 12.6. The van der Waals surface area contributed by atoms with Gasteiger partial charge in [-0.05, 0) is 44.7 Å². The van der Waals surface area contributed by atoms with Gasteiger partial charge in [-0.1, -0.05) is 18.2 Å². The van der Waals surface area contributed by atoms with Crippen molar-refractivity contribution >= 4 is 22.6 Å². The van der Waals surface area contributed by atoms with Gasteiger partial charge in [0.15, 0.2) is 0 Å². The fourth-order valence-corrected chi connectivity index (χ4v) is 2.68. The number of fused-ring (bicyclic) bond motifs is 1. The number of hydrogen-bond donors (Lipinski definition) is 2. The van der Waals surface area contributed by atoms with E-state index < -0.39 is 0 Å². The summed E-state index contributed by atoms with van der Waals surface area (Å²) in [5, 5.41) is 8.80. The van der Waals surface area contributed by atoms with Gasteiger partial charge in [0.2, 0.25) is 0 Å². The summed E-state index contributed by atoms with van der Waals surface area (Å²) >= 11 is 0. The summed E-state index contributed by atoms with van der Waals surface area (Å²) in [6.07, 6.45) is 2.63. The molecule has 1 heterocycles. The van der Waals surface area contributed by atoms with Gasteiger partial charge in [0.05, 0.1) is 5.52 Å². The molecule has 0 bridgehead atoms. The van der Waals surface area contributed by atoms with Crippen LogP contribution in [0.25, 0.3) is 10.9 Å². The minimum absolute atomic E-state index is 0.102. The van der Waals surface area contributed by atoms with Crippen LogP contribution in [0.1, 0.15) is 32.3 Å². The number of benzene rings is 1. The van der Waals surface area contributed by atoms with Gasteiger partial charge >= 0.3 is 0 Å². The van der Waals surface area contributed by atoms with Gasteiger partial charge < -0.3 is 10.6 Å². The molecule has 4 heteroatoms. The molecule has 110 valence electrons. The third-order valence-corrected chi connectivity index (χ3v) is 4.06. The molecular formula is C17H22N4. The van der Waals surface area contributed by atoms with Crippen LogP contribution in [-0.4, -0.2) is 23.4 Å². The maximum atomic E-state index is 7.85. The lowest BCUT2D eigenvalue weighted by molar-refractivity contribution is 0.638. The van der Waals surface area contributed by atoms with Crippen molar-refractivity contribution in [3.63, 3.8) is 0 Å². The maximum Gasteiger partial charge on any atom is 0.130 e. The molecule has 0 radical (unpaired) electrons. The van der Waals surface area contributed by atoms with Crippen molar-refractivity contribution in [2.75, 3.05) is 11.4 Å². The van der Waals surface area contributed by atoms with Crippen molar-refractivity contribution in [1.82, 2.24) is 4.98 Å². The first-order valence-electron chi connectivity index (χ1n) is 7.57. The summed E-state index contributed by atoms with van der Waals surface area (Å²) in [7, 11) is 0. The Morgan fingerprint density at radius 3 is 2.71 bits per heavy atom. The number of nitrogens with one attached hydrogen (secondary N) is 1. The molecule has 0 saturated heterocycles. The average Bonchev–Trinajstić information content (AvgIpc) is 3.27. The van der Waals surface area contributed by atoms with Gasteiger partial charge in [0, 0.05) is 23.5 Å². The Bertz CT molecular complexity index is 674. The molecule has 1 aliphatic rings. The van der Waals surface area contributed by atoms with E-state index in [2.05, 4.69) is 18.7 Å². The molecule has 4 nitrogen and oxygen atoms in total. The van der Waals surface area contributed by atoms with Gasteiger partial charge in [-0.15, -0.1) is 0 Å². The lowest BCUT2D eigenvalue weighted by Gasteiger charge is -2.28. The molecule has 2 aromatic rings. The molecule has 21 heavy (non-hydrogen) atoms. The Hall–Kier alpha value is -2.10. The molecule has 1 aromatic carbocycles. The van der Waals surface area contributed by atoms with Crippen LogP contribution in [0.3, 0.4) is 0 Å². The predicted molar refractivity (Wildman–Crippen MR) is 88.0 cm³/mol. The highest BCUT2D eigenvalue weighted by Gasteiger charge is 2.26. The molecular weight excluding hydrogens is 260 g/mol. The lowest BCUT2D eigenvalue weighted by Crippen LogP contribution is -2.33. The Morgan fingerprint density at radius 2 is 2.10 bits per heavy atom. The van der Waals surface area contributed by atoms with E-state index in [1.165, 1.54) is 12.8 Å². The second kappa shape index (κ2) is 5.35. The largest absolute Gasteiger partial charge is 0.384 e. The number of nitrogens with zero attached hydrogens (tertiary/aromatic N) is 2. The summed E-state index contributed by atoms with van der Waals surface area (Å²) in [4.78, 5) is 7.12. The van der Waals surface area contributed by atoms with E-state index in [0.29, 0.717) is 6.04 Å². The first-order chi connectivity index (χ1) is 10.1. The van der Waals surface area contributed by atoms with Gasteiger partial charge in [-0.2, -0.15) is 0 Å². The standard InChI is InChI=1S/C17H22N4/c1-11(2)21(10-12-7-8-12)16-9-14(17(18)19)13-5-3-4-6-15(13)20-16/h3-6,9,11-12H,7-8,10H2,1-2H3,(H3,18,19). The number of aromatic nitrogens is 1. The molecule has 1 saturated carbocycles. The average molecular weight is 282 g/mol.